The Hall–Kier alpha value is -0.890. The van der Waals surface area contributed by atoms with Crippen LogP contribution in [0.15, 0.2) is 24.3 Å². The van der Waals surface area contributed by atoms with E-state index in [1.54, 1.807) is 0 Å². The summed E-state index contributed by atoms with van der Waals surface area (Å²) in [6.07, 6.45) is 24.2. The molecular formula is C20H36O2. The quantitative estimate of drug-likeness (QED) is 0.291. The largest absolute Gasteiger partial charge is 0.389 e. The summed E-state index contributed by atoms with van der Waals surface area (Å²) in [5.41, 5.74) is 0. The predicted molar refractivity (Wildman–Crippen MR) is 96.1 cm³/mol. The Morgan fingerprint density at radius 1 is 0.773 bits per heavy atom. The van der Waals surface area contributed by atoms with Crippen LogP contribution in [0.2, 0.25) is 0 Å². The molecule has 0 aliphatic heterocycles. The second-order valence-corrected chi connectivity index (χ2v) is 6.03. The third-order valence-corrected chi connectivity index (χ3v) is 3.83. The standard InChI is InChI=1S/C20H36O2/c1-2-3-4-5-6-7-8-9-10-11-12-13-14-15-16-17-18-20(22)19-21/h7-8,10-11,21H,2-6,9,12-19H2,1H3/b8-7-,11-10-. The van der Waals surface area contributed by atoms with Crippen molar-refractivity contribution in [2.24, 2.45) is 0 Å². The number of hydrogen-bond acceptors (Lipinski definition) is 2. The summed E-state index contributed by atoms with van der Waals surface area (Å²) in [4.78, 5) is 10.9. The zero-order valence-electron chi connectivity index (χ0n) is 14.6. The van der Waals surface area contributed by atoms with Gasteiger partial charge in [-0.25, -0.2) is 0 Å². The van der Waals surface area contributed by atoms with Crippen LogP contribution in [-0.4, -0.2) is 17.5 Å². The molecule has 0 saturated carbocycles. The first-order valence-electron chi connectivity index (χ1n) is 9.23. The fourth-order valence-electron chi connectivity index (χ4n) is 2.39. The van der Waals surface area contributed by atoms with Crippen molar-refractivity contribution in [3.63, 3.8) is 0 Å². The predicted octanol–water partition coefficient (Wildman–Crippen LogP) is 5.75. The van der Waals surface area contributed by atoms with Gasteiger partial charge in [0.25, 0.3) is 0 Å². The molecule has 0 aliphatic rings. The number of aliphatic hydroxyl groups excluding tert-OH is 1. The van der Waals surface area contributed by atoms with Gasteiger partial charge >= 0.3 is 0 Å². The van der Waals surface area contributed by atoms with Gasteiger partial charge in [0.15, 0.2) is 5.78 Å². The third kappa shape index (κ3) is 17.2. The van der Waals surface area contributed by atoms with Crippen molar-refractivity contribution in [3.8, 4) is 0 Å². The van der Waals surface area contributed by atoms with Gasteiger partial charge in [-0.15, -0.1) is 0 Å². The van der Waals surface area contributed by atoms with Crippen molar-refractivity contribution >= 4 is 5.78 Å². The molecule has 0 aromatic carbocycles. The molecular weight excluding hydrogens is 272 g/mol. The van der Waals surface area contributed by atoms with Crippen molar-refractivity contribution in [3.05, 3.63) is 24.3 Å². The van der Waals surface area contributed by atoms with Gasteiger partial charge in [-0.1, -0.05) is 69.8 Å². The molecule has 0 aromatic heterocycles. The Morgan fingerprint density at radius 3 is 1.91 bits per heavy atom. The van der Waals surface area contributed by atoms with E-state index in [1.807, 2.05) is 0 Å². The molecule has 0 aliphatic carbocycles. The van der Waals surface area contributed by atoms with Crippen LogP contribution in [0.5, 0.6) is 0 Å². The van der Waals surface area contributed by atoms with Gasteiger partial charge in [-0.2, -0.15) is 0 Å². The summed E-state index contributed by atoms with van der Waals surface area (Å²) >= 11 is 0. The van der Waals surface area contributed by atoms with E-state index in [2.05, 4.69) is 31.2 Å². The Bertz CT molecular complexity index is 292. The molecule has 2 nitrogen and oxygen atoms in total. The number of hydrogen-bond donors (Lipinski definition) is 1. The fourth-order valence-corrected chi connectivity index (χ4v) is 2.39. The van der Waals surface area contributed by atoms with Gasteiger partial charge < -0.3 is 5.11 Å². The average molecular weight is 309 g/mol. The first-order valence-corrected chi connectivity index (χ1v) is 9.23. The molecule has 0 spiro atoms. The Morgan fingerprint density at radius 2 is 1.32 bits per heavy atom. The van der Waals surface area contributed by atoms with Gasteiger partial charge in [0.2, 0.25) is 0 Å². The lowest BCUT2D eigenvalue weighted by atomic mass is 10.1. The van der Waals surface area contributed by atoms with Crippen molar-refractivity contribution < 1.29 is 9.90 Å². The average Bonchev–Trinajstić information content (AvgIpc) is 2.54. The van der Waals surface area contributed by atoms with Crippen molar-refractivity contribution in [1.82, 2.24) is 0 Å². The highest BCUT2D eigenvalue weighted by Gasteiger charge is 1.98. The normalized spacial score (nSPS) is 11.7. The van der Waals surface area contributed by atoms with E-state index in [-0.39, 0.29) is 12.4 Å². The molecule has 22 heavy (non-hydrogen) atoms. The molecule has 0 radical (unpaired) electrons. The molecule has 0 atom stereocenters. The zero-order chi connectivity index (χ0) is 16.3. The van der Waals surface area contributed by atoms with Gasteiger partial charge in [-0.05, 0) is 38.5 Å². The smallest absolute Gasteiger partial charge is 0.158 e. The van der Waals surface area contributed by atoms with E-state index in [0.29, 0.717) is 6.42 Å². The molecule has 1 N–H and O–H groups in total. The number of carbonyl (C=O) groups is 1. The molecule has 0 rings (SSSR count). The van der Waals surface area contributed by atoms with Crippen LogP contribution in [0, 0.1) is 0 Å². The van der Waals surface area contributed by atoms with E-state index in [9.17, 15) is 4.79 Å². The molecule has 0 bridgehead atoms. The van der Waals surface area contributed by atoms with Gasteiger partial charge in [0, 0.05) is 6.42 Å². The van der Waals surface area contributed by atoms with Crippen LogP contribution >= 0.6 is 0 Å². The number of allylic oxidation sites excluding steroid dienone is 4. The van der Waals surface area contributed by atoms with Crippen LogP contribution in [0.1, 0.15) is 90.4 Å². The van der Waals surface area contributed by atoms with Gasteiger partial charge in [-0.3, -0.25) is 4.79 Å². The minimum atomic E-state index is -0.294. The maximum Gasteiger partial charge on any atom is 0.158 e. The molecule has 0 fully saturated rings. The maximum atomic E-state index is 10.9. The topological polar surface area (TPSA) is 37.3 Å². The van der Waals surface area contributed by atoms with E-state index in [1.165, 1.54) is 57.8 Å². The summed E-state index contributed by atoms with van der Waals surface area (Å²) in [7, 11) is 0. The number of ketones is 1. The highest BCUT2D eigenvalue weighted by Crippen LogP contribution is 2.08. The minimum absolute atomic E-state index is 0.0265. The SMILES string of the molecule is CCCCCC/C=C\C/C=C\CCCCCCCC(=O)CO. The molecule has 0 unspecified atom stereocenters. The van der Waals surface area contributed by atoms with Crippen molar-refractivity contribution in [2.45, 2.75) is 90.4 Å². The lowest BCUT2D eigenvalue weighted by Gasteiger charge is -1.99. The lowest BCUT2D eigenvalue weighted by molar-refractivity contribution is -0.121. The molecule has 0 heterocycles. The summed E-state index contributed by atoms with van der Waals surface area (Å²) in [5.74, 6) is -0.0265. The number of aliphatic hydroxyl groups is 1. The van der Waals surface area contributed by atoms with E-state index >= 15 is 0 Å². The first-order chi connectivity index (χ1) is 10.8. The Balaban J connectivity index is 3.20. The third-order valence-electron chi connectivity index (χ3n) is 3.83. The van der Waals surface area contributed by atoms with Crippen LogP contribution in [0.25, 0.3) is 0 Å². The van der Waals surface area contributed by atoms with E-state index < -0.39 is 0 Å². The van der Waals surface area contributed by atoms with E-state index in [0.717, 1.165) is 19.3 Å². The molecule has 0 aromatic rings. The maximum absolute atomic E-state index is 10.9. The number of unbranched alkanes of at least 4 members (excludes halogenated alkanes) is 9. The zero-order valence-corrected chi connectivity index (χ0v) is 14.6. The molecule has 0 amide bonds. The summed E-state index contributed by atoms with van der Waals surface area (Å²) in [6, 6.07) is 0. The Labute approximate surface area is 137 Å². The highest BCUT2D eigenvalue weighted by atomic mass is 16.3. The number of Topliss-reactive ketones (excluding diaryl/α,β-unsaturated/α-hetero) is 1. The van der Waals surface area contributed by atoms with Crippen LogP contribution in [-0.2, 0) is 4.79 Å². The summed E-state index contributed by atoms with van der Waals surface area (Å²) in [5, 5.41) is 8.60. The lowest BCUT2D eigenvalue weighted by Crippen LogP contribution is -2.02. The molecule has 0 saturated heterocycles. The minimum Gasteiger partial charge on any atom is -0.389 e. The molecule has 128 valence electrons. The van der Waals surface area contributed by atoms with Crippen LogP contribution in [0.4, 0.5) is 0 Å². The van der Waals surface area contributed by atoms with Crippen LogP contribution < -0.4 is 0 Å². The first kappa shape index (κ1) is 21.1. The number of rotatable bonds is 16. The van der Waals surface area contributed by atoms with Crippen molar-refractivity contribution in [1.29, 1.82) is 0 Å². The van der Waals surface area contributed by atoms with Crippen molar-refractivity contribution in [2.75, 3.05) is 6.61 Å². The monoisotopic (exact) mass is 308 g/mol. The fraction of sp³-hybridized carbons (Fsp3) is 0.750. The summed E-state index contributed by atoms with van der Waals surface area (Å²) in [6.45, 7) is 1.96. The number of carbonyl (C=O) groups excluding carboxylic acids is 1. The summed E-state index contributed by atoms with van der Waals surface area (Å²) < 4.78 is 0. The van der Waals surface area contributed by atoms with Gasteiger partial charge in [0.05, 0.1) is 0 Å². The Kier molecular flexibility index (Phi) is 17.4. The van der Waals surface area contributed by atoms with Crippen LogP contribution in [0.3, 0.4) is 0 Å². The second kappa shape index (κ2) is 18.2. The second-order valence-electron chi connectivity index (χ2n) is 6.03. The van der Waals surface area contributed by atoms with E-state index in [4.69, 9.17) is 5.11 Å². The molecule has 2 heteroatoms. The highest BCUT2D eigenvalue weighted by molar-refractivity contribution is 5.79. The van der Waals surface area contributed by atoms with Gasteiger partial charge in [0.1, 0.15) is 6.61 Å².